The first-order chi connectivity index (χ1) is 24.3. The predicted octanol–water partition coefficient (Wildman–Crippen LogP) is 11.8. The fourth-order valence-corrected chi connectivity index (χ4v) is 8.02. The van der Waals surface area contributed by atoms with E-state index >= 15 is 0 Å². The third-order valence-electron chi connectivity index (χ3n) is 9.29. The van der Waals surface area contributed by atoms with Crippen molar-refractivity contribution in [1.29, 1.82) is 0 Å². The molecule has 3 aromatic heterocycles. The first-order valence-corrected chi connectivity index (χ1v) is 17.1. The van der Waals surface area contributed by atoms with Crippen molar-refractivity contribution in [2.45, 2.75) is 0 Å². The van der Waals surface area contributed by atoms with E-state index in [0.717, 1.165) is 60.1 Å². The van der Waals surface area contributed by atoms with Gasteiger partial charge < -0.3 is 0 Å². The molecule has 0 bridgehead atoms. The normalized spacial score (nSPS) is 11.7. The fourth-order valence-electron chi connectivity index (χ4n) is 6.87. The summed E-state index contributed by atoms with van der Waals surface area (Å²) in [7, 11) is 0. The Balaban J connectivity index is 1.13. The minimum Gasteiger partial charge on any atom is -0.228 e. The molecule has 49 heavy (non-hydrogen) atoms. The van der Waals surface area contributed by atoms with Crippen molar-refractivity contribution in [3.05, 3.63) is 158 Å². The van der Waals surface area contributed by atoms with Crippen molar-refractivity contribution in [1.82, 2.24) is 19.9 Å². The standard InChI is InChI=1S/C44H26N4S/c1-2-11-29(12-3-1)43-45-37-16-8-6-14-35(37)39(46-43)28-19-21-30(22-20-28)44-47-40(42-41(48-44)36-15-7-9-17-38(36)49-42)32-24-25-34-31(26-32)23-18-27-10-4-5-13-33(27)34/h1-26H. The van der Waals surface area contributed by atoms with Crippen LogP contribution in [0.5, 0.6) is 0 Å². The van der Waals surface area contributed by atoms with E-state index in [1.807, 2.05) is 48.5 Å². The van der Waals surface area contributed by atoms with Gasteiger partial charge in [0.05, 0.1) is 27.1 Å². The molecule has 0 amide bonds. The summed E-state index contributed by atoms with van der Waals surface area (Å²) in [5.74, 6) is 1.42. The maximum atomic E-state index is 5.29. The highest BCUT2D eigenvalue weighted by molar-refractivity contribution is 7.26. The summed E-state index contributed by atoms with van der Waals surface area (Å²) in [6.45, 7) is 0. The first kappa shape index (κ1) is 27.8. The van der Waals surface area contributed by atoms with Gasteiger partial charge in [-0.1, -0.05) is 140 Å². The Kier molecular flexibility index (Phi) is 6.32. The summed E-state index contributed by atoms with van der Waals surface area (Å²) in [4.78, 5) is 20.4. The highest BCUT2D eigenvalue weighted by Crippen LogP contribution is 2.41. The molecule has 3 heterocycles. The Morgan fingerprint density at radius 1 is 0.367 bits per heavy atom. The van der Waals surface area contributed by atoms with Gasteiger partial charge in [-0.3, -0.25) is 0 Å². The van der Waals surface area contributed by atoms with Crippen LogP contribution in [0.15, 0.2) is 158 Å². The van der Waals surface area contributed by atoms with Crippen molar-refractivity contribution in [2.24, 2.45) is 0 Å². The molecule has 0 saturated carbocycles. The van der Waals surface area contributed by atoms with Gasteiger partial charge in [0.25, 0.3) is 0 Å². The van der Waals surface area contributed by atoms with Gasteiger partial charge in [-0.15, -0.1) is 11.3 Å². The Morgan fingerprint density at radius 3 is 1.86 bits per heavy atom. The second-order valence-corrected chi connectivity index (χ2v) is 13.3. The number of hydrogen-bond acceptors (Lipinski definition) is 5. The molecule has 5 heteroatoms. The van der Waals surface area contributed by atoms with E-state index < -0.39 is 0 Å². The van der Waals surface area contributed by atoms with Crippen molar-refractivity contribution in [3.63, 3.8) is 0 Å². The Morgan fingerprint density at radius 2 is 0.980 bits per heavy atom. The molecular formula is C44H26N4S. The number of aromatic nitrogens is 4. The Bertz CT molecular complexity index is 2880. The van der Waals surface area contributed by atoms with Crippen LogP contribution in [0.25, 0.3) is 98.0 Å². The molecule has 7 aromatic carbocycles. The highest BCUT2D eigenvalue weighted by Gasteiger charge is 2.18. The zero-order valence-corrected chi connectivity index (χ0v) is 27.0. The number of benzene rings is 7. The van der Waals surface area contributed by atoms with Crippen LogP contribution in [0.2, 0.25) is 0 Å². The molecule has 228 valence electrons. The first-order valence-electron chi connectivity index (χ1n) is 16.3. The third kappa shape index (κ3) is 4.66. The zero-order valence-electron chi connectivity index (χ0n) is 26.2. The summed E-state index contributed by atoms with van der Waals surface area (Å²) < 4.78 is 2.31. The summed E-state index contributed by atoms with van der Waals surface area (Å²) in [5.41, 5.74) is 7.80. The van der Waals surface area contributed by atoms with E-state index in [1.54, 1.807) is 11.3 Å². The minimum absolute atomic E-state index is 0.703. The number of fused-ring (bicyclic) bond motifs is 7. The number of para-hydroxylation sites is 1. The number of hydrogen-bond donors (Lipinski definition) is 0. The van der Waals surface area contributed by atoms with E-state index in [0.29, 0.717) is 11.6 Å². The van der Waals surface area contributed by atoms with Gasteiger partial charge in [-0.05, 0) is 39.7 Å². The van der Waals surface area contributed by atoms with Gasteiger partial charge in [-0.25, -0.2) is 19.9 Å². The summed E-state index contributed by atoms with van der Waals surface area (Å²) in [6.07, 6.45) is 0. The number of rotatable bonds is 4. The minimum atomic E-state index is 0.703. The average molecular weight is 643 g/mol. The molecule has 0 aliphatic carbocycles. The van der Waals surface area contributed by atoms with Crippen molar-refractivity contribution < 1.29 is 0 Å². The predicted molar refractivity (Wildman–Crippen MR) is 205 cm³/mol. The van der Waals surface area contributed by atoms with E-state index in [4.69, 9.17) is 19.9 Å². The second kappa shape index (κ2) is 11.2. The molecule has 0 aliphatic heterocycles. The molecule has 0 unspecified atom stereocenters. The van der Waals surface area contributed by atoms with Gasteiger partial charge in [0, 0.05) is 37.7 Å². The van der Waals surface area contributed by atoms with Gasteiger partial charge >= 0.3 is 0 Å². The summed E-state index contributed by atoms with van der Waals surface area (Å²) in [6, 6.07) is 55.0. The second-order valence-electron chi connectivity index (χ2n) is 12.3. The molecule has 0 N–H and O–H groups in total. The summed E-state index contributed by atoms with van der Waals surface area (Å²) in [5, 5.41) is 7.11. The van der Waals surface area contributed by atoms with Crippen LogP contribution in [-0.2, 0) is 0 Å². The van der Waals surface area contributed by atoms with Crippen LogP contribution in [0.4, 0.5) is 0 Å². The van der Waals surface area contributed by atoms with E-state index in [1.165, 1.54) is 26.2 Å². The van der Waals surface area contributed by atoms with Crippen LogP contribution in [0, 0.1) is 0 Å². The van der Waals surface area contributed by atoms with E-state index in [9.17, 15) is 0 Å². The van der Waals surface area contributed by atoms with Crippen LogP contribution in [0.1, 0.15) is 0 Å². The van der Waals surface area contributed by atoms with Crippen LogP contribution in [0.3, 0.4) is 0 Å². The lowest BCUT2D eigenvalue weighted by Crippen LogP contribution is -1.96. The molecule has 0 saturated heterocycles. The largest absolute Gasteiger partial charge is 0.228 e. The molecule has 10 rings (SSSR count). The van der Waals surface area contributed by atoms with Crippen molar-refractivity contribution >= 4 is 64.1 Å². The molecular weight excluding hydrogens is 617 g/mol. The van der Waals surface area contributed by atoms with Gasteiger partial charge in [0.2, 0.25) is 0 Å². The van der Waals surface area contributed by atoms with Crippen LogP contribution < -0.4 is 0 Å². The molecule has 0 radical (unpaired) electrons. The fraction of sp³-hybridized carbons (Fsp3) is 0. The SMILES string of the molecule is c1ccc(-c2nc(-c3ccc(-c4nc(-c5ccc6c(ccc7ccccc76)c5)c5sc6ccccc6c5n4)cc3)c3ccccc3n2)cc1. The number of nitrogens with zero attached hydrogens (tertiary/aromatic N) is 4. The number of thiophene rings is 1. The van der Waals surface area contributed by atoms with E-state index in [-0.39, 0.29) is 0 Å². The Labute approximate surface area is 286 Å². The smallest absolute Gasteiger partial charge is 0.160 e. The third-order valence-corrected chi connectivity index (χ3v) is 10.5. The van der Waals surface area contributed by atoms with Gasteiger partial charge in [-0.2, -0.15) is 0 Å². The van der Waals surface area contributed by atoms with Crippen LogP contribution >= 0.6 is 11.3 Å². The lowest BCUT2D eigenvalue weighted by molar-refractivity contribution is 1.22. The van der Waals surface area contributed by atoms with Crippen molar-refractivity contribution in [2.75, 3.05) is 0 Å². The zero-order chi connectivity index (χ0) is 32.3. The highest BCUT2D eigenvalue weighted by atomic mass is 32.1. The monoisotopic (exact) mass is 642 g/mol. The molecule has 0 spiro atoms. The van der Waals surface area contributed by atoms with Gasteiger partial charge in [0.15, 0.2) is 11.6 Å². The quantitative estimate of drug-likeness (QED) is 0.179. The lowest BCUT2D eigenvalue weighted by Gasteiger charge is -2.11. The topological polar surface area (TPSA) is 51.6 Å². The van der Waals surface area contributed by atoms with Gasteiger partial charge in [0.1, 0.15) is 0 Å². The Hall–Kier alpha value is -6.30. The molecule has 0 atom stereocenters. The molecule has 4 nitrogen and oxygen atoms in total. The van der Waals surface area contributed by atoms with E-state index in [2.05, 4.69) is 109 Å². The maximum Gasteiger partial charge on any atom is 0.160 e. The summed E-state index contributed by atoms with van der Waals surface area (Å²) >= 11 is 1.76. The van der Waals surface area contributed by atoms with Crippen molar-refractivity contribution in [3.8, 4) is 45.3 Å². The lowest BCUT2D eigenvalue weighted by atomic mass is 9.99. The molecule has 10 aromatic rings. The maximum absolute atomic E-state index is 5.29. The molecule has 0 aliphatic rings. The molecule has 0 fully saturated rings. The van der Waals surface area contributed by atoms with Crippen LogP contribution in [-0.4, -0.2) is 19.9 Å². The average Bonchev–Trinajstić information content (AvgIpc) is 3.56.